The van der Waals surface area contributed by atoms with Crippen LogP contribution in [0.2, 0.25) is 10.0 Å². The zero-order valence-electron chi connectivity index (χ0n) is 16.7. The largest absolute Gasteiger partial charge is 0.316 e. The van der Waals surface area contributed by atoms with Gasteiger partial charge in [0.25, 0.3) is 0 Å². The van der Waals surface area contributed by atoms with Crippen molar-refractivity contribution in [3.63, 3.8) is 0 Å². The molecule has 2 N–H and O–H groups in total. The second-order valence-corrected chi connectivity index (χ2v) is 8.34. The molecule has 0 unspecified atom stereocenters. The number of anilines is 2. The molecule has 4 rings (SSSR count). The first-order chi connectivity index (χ1) is 14.9. The van der Waals surface area contributed by atoms with Crippen molar-refractivity contribution in [2.24, 2.45) is 0 Å². The van der Waals surface area contributed by atoms with Crippen molar-refractivity contribution in [2.75, 3.05) is 10.6 Å². The highest BCUT2D eigenvalue weighted by Gasteiger charge is 2.08. The standard InChI is InChI=1S/C22H20Cl2N6S/c1-15-12-21(28-30(15)14-17-4-8-19(24)9-5-17)26-22(31)25-20-10-11-29(27-20)13-16-2-6-18(23)7-3-16/h2-12H,13-14H2,1H3,(H2,25,26,27,28,31). The van der Waals surface area contributed by atoms with Crippen LogP contribution in [0.15, 0.2) is 66.9 Å². The van der Waals surface area contributed by atoms with Crippen molar-refractivity contribution in [3.8, 4) is 0 Å². The summed E-state index contributed by atoms with van der Waals surface area (Å²) in [5, 5.41) is 17.2. The molecule has 158 valence electrons. The minimum Gasteiger partial charge on any atom is -0.316 e. The van der Waals surface area contributed by atoms with Gasteiger partial charge >= 0.3 is 0 Å². The number of thiocarbonyl (C=S) groups is 1. The summed E-state index contributed by atoms with van der Waals surface area (Å²) in [5.41, 5.74) is 3.25. The molecule has 0 aliphatic carbocycles. The molecule has 9 heteroatoms. The van der Waals surface area contributed by atoms with Gasteiger partial charge in [-0.15, -0.1) is 0 Å². The topological polar surface area (TPSA) is 59.7 Å². The molecule has 0 radical (unpaired) electrons. The monoisotopic (exact) mass is 470 g/mol. The molecule has 0 amide bonds. The van der Waals surface area contributed by atoms with Crippen molar-refractivity contribution < 1.29 is 0 Å². The Morgan fingerprint density at radius 1 is 0.839 bits per heavy atom. The molecule has 0 aliphatic heterocycles. The highest BCUT2D eigenvalue weighted by molar-refractivity contribution is 7.80. The summed E-state index contributed by atoms with van der Waals surface area (Å²) in [4.78, 5) is 0. The minimum absolute atomic E-state index is 0.424. The van der Waals surface area contributed by atoms with Crippen molar-refractivity contribution >= 4 is 52.2 Å². The van der Waals surface area contributed by atoms with Crippen molar-refractivity contribution in [1.29, 1.82) is 0 Å². The molecular formula is C22H20Cl2N6S. The number of aryl methyl sites for hydroxylation is 1. The third kappa shape index (κ3) is 5.85. The van der Waals surface area contributed by atoms with Crippen LogP contribution in [0.25, 0.3) is 0 Å². The third-order valence-electron chi connectivity index (χ3n) is 4.61. The lowest BCUT2D eigenvalue weighted by Gasteiger charge is -2.07. The second kappa shape index (κ2) is 9.51. The van der Waals surface area contributed by atoms with Gasteiger partial charge in [0, 0.05) is 34.1 Å². The molecule has 0 fully saturated rings. The van der Waals surface area contributed by atoms with Crippen LogP contribution >= 0.6 is 35.4 Å². The van der Waals surface area contributed by atoms with Crippen LogP contribution in [0.5, 0.6) is 0 Å². The van der Waals surface area contributed by atoms with Crippen LogP contribution in [-0.2, 0) is 13.1 Å². The minimum atomic E-state index is 0.424. The molecule has 31 heavy (non-hydrogen) atoms. The van der Waals surface area contributed by atoms with Crippen LogP contribution in [0.4, 0.5) is 11.6 Å². The molecule has 0 saturated carbocycles. The van der Waals surface area contributed by atoms with Gasteiger partial charge in [0.15, 0.2) is 16.7 Å². The smallest absolute Gasteiger partial charge is 0.177 e. The van der Waals surface area contributed by atoms with E-state index in [1.807, 2.05) is 83.1 Å². The fourth-order valence-corrected chi connectivity index (χ4v) is 3.51. The number of benzene rings is 2. The van der Waals surface area contributed by atoms with Gasteiger partial charge in [-0.1, -0.05) is 47.5 Å². The first kappa shape index (κ1) is 21.4. The zero-order chi connectivity index (χ0) is 21.8. The number of aromatic nitrogens is 4. The zero-order valence-corrected chi connectivity index (χ0v) is 19.0. The van der Waals surface area contributed by atoms with Crippen LogP contribution < -0.4 is 10.6 Å². The fraction of sp³-hybridized carbons (Fsp3) is 0.136. The number of rotatable bonds is 6. The molecule has 0 aliphatic rings. The number of hydrogen-bond donors (Lipinski definition) is 2. The Balaban J connectivity index is 1.34. The van der Waals surface area contributed by atoms with Gasteiger partial charge < -0.3 is 10.6 Å². The molecule has 2 aromatic carbocycles. The van der Waals surface area contributed by atoms with E-state index in [0.29, 0.717) is 34.9 Å². The predicted molar refractivity (Wildman–Crippen MR) is 130 cm³/mol. The maximum atomic E-state index is 5.96. The number of hydrogen-bond acceptors (Lipinski definition) is 3. The van der Waals surface area contributed by atoms with E-state index in [2.05, 4.69) is 20.8 Å². The van der Waals surface area contributed by atoms with Crippen molar-refractivity contribution in [2.45, 2.75) is 20.0 Å². The summed E-state index contributed by atoms with van der Waals surface area (Å²) in [6.45, 7) is 3.30. The molecule has 6 nitrogen and oxygen atoms in total. The normalized spacial score (nSPS) is 10.8. The van der Waals surface area contributed by atoms with E-state index in [0.717, 1.165) is 21.8 Å². The summed E-state index contributed by atoms with van der Waals surface area (Å²) < 4.78 is 3.74. The van der Waals surface area contributed by atoms with E-state index in [1.54, 1.807) is 0 Å². The molecule has 0 atom stereocenters. The average Bonchev–Trinajstić information content (AvgIpc) is 3.31. The van der Waals surface area contributed by atoms with Gasteiger partial charge in [-0.3, -0.25) is 9.36 Å². The van der Waals surface area contributed by atoms with Gasteiger partial charge in [-0.2, -0.15) is 10.2 Å². The molecular weight excluding hydrogens is 451 g/mol. The van der Waals surface area contributed by atoms with E-state index in [-0.39, 0.29) is 0 Å². The van der Waals surface area contributed by atoms with E-state index in [4.69, 9.17) is 35.4 Å². The van der Waals surface area contributed by atoms with Gasteiger partial charge in [0.2, 0.25) is 0 Å². The van der Waals surface area contributed by atoms with Crippen molar-refractivity contribution in [3.05, 3.63) is 93.7 Å². The Labute approximate surface area is 195 Å². The molecule has 0 saturated heterocycles. The summed E-state index contributed by atoms with van der Waals surface area (Å²) in [5.74, 6) is 1.33. The maximum absolute atomic E-state index is 5.96. The fourth-order valence-electron chi connectivity index (χ4n) is 3.05. The summed E-state index contributed by atoms with van der Waals surface area (Å²) in [6.07, 6.45) is 1.89. The van der Waals surface area contributed by atoms with Crippen LogP contribution in [0, 0.1) is 6.92 Å². The Morgan fingerprint density at radius 3 is 2.06 bits per heavy atom. The summed E-state index contributed by atoms with van der Waals surface area (Å²) >= 11 is 17.3. The maximum Gasteiger partial charge on any atom is 0.177 e. The van der Waals surface area contributed by atoms with E-state index >= 15 is 0 Å². The first-order valence-electron chi connectivity index (χ1n) is 9.59. The predicted octanol–water partition coefficient (Wildman–Crippen LogP) is 5.60. The highest BCUT2D eigenvalue weighted by atomic mass is 35.5. The van der Waals surface area contributed by atoms with Crippen LogP contribution in [0.1, 0.15) is 16.8 Å². The Morgan fingerprint density at radius 2 is 1.42 bits per heavy atom. The lowest BCUT2D eigenvalue weighted by Crippen LogP contribution is -2.20. The number of nitrogens with zero attached hydrogens (tertiary/aromatic N) is 4. The van der Waals surface area contributed by atoms with E-state index in [1.165, 1.54) is 0 Å². The van der Waals surface area contributed by atoms with Gasteiger partial charge in [-0.25, -0.2) is 0 Å². The lowest BCUT2D eigenvalue weighted by atomic mass is 10.2. The Bertz CT molecular complexity index is 1180. The van der Waals surface area contributed by atoms with Crippen molar-refractivity contribution in [1.82, 2.24) is 19.6 Å². The Hall–Kier alpha value is -2.87. The average molecular weight is 471 g/mol. The van der Waals surface area contributed by atoms with E-state index < -0.39 is 0 Å². The summed E-state index contributed by atoms with van der Waals surface area (Å²) in [7, 11) is 0. The number of nitrogens with one attached hydrogen (secondary N) is 2. The van der Waals surface area contributed by atoms with E-state index in [9.17, 15) is 0 Å². The van der Waals surface area contributed by atoms with Gasteiger partial charge in [0.1, 0.15) is 0 Å². The molecule has 2 aromatic heterocycles. The second-order valence-electron chi connectivity index (χ2n) is 7.06. The van der Waals surface area contributed by atoms with Gasteiger partial charge in [-0.05, 0) is 54.5 Å². The Kier molecular flexibility index (Phi) is 6.56. The van der Waals surface area contributed by atoms with Gasteiger partial charge in [0.05, 0.1) is 13.1 Å². The quantitative estimate of drug-likeness (QED) is 0.359. The first-order valence-corrected chi connectivity index (χ1v) is 10.8. The van der Waals surface area contributed by atoms with Crippen LogP contribution in [0.3, 0.4) is 0 Å². The molecule has 2 heterocycles. The summed E-state index contributed by atoms with van der Waals surface area (Å²) in [6, 6.07) is 19.2. The lowest BCUT2D eigenvalue weighted by molar-refractivity contribution is 0.668. The van der Waals surface area contributed by atoms with Crippen LogP contribution in [-0.4, -0.2) is 24.7 Å². The molecule has 0 bridgehead atoms. The highest BCUT2D eigenvalue weighted by Crippen LogP contribution is 2.15. The SMILES string of the molecule is Cc1cc(NC(=S)Nc2ccn(Cc3ccc(Cl)cc3)n2)nn1Cc1ccc(Cl)cc1. The molecule has 4 aromatic rings. The number of halogens is 2. The molecule has 0 spiro atoms. The third-order valence-corrected chi connectivity index (χ3v) is 5.32.